The normalized spacial score (nSPS) is 10.7. The zero-order chi connectivity index (χ0) is 13.3. The number of carbonyl (C=O) groups is 1. The Bertz CT molecular complexity index is 589. The van der Waals surface area contributed by atoms with Crippen molar-refractivity contribution in [1.29, 1.82) is 0 Å². The highest BCUT2D eigenvalue weighted by atomic mass is 79.9. The SMILES string of the molecule is COC(=O)c1ncn(Cc2c(Br)c(C)nn2C)n1. The highest BCUT2D eigenvalue weighted by Crippen LogP contribution is 2.20. The Balaban J connectivity index is 2.24. The zero-order valence-electron chi connectivity index (χ0n) is 10.2. The molecule has 2 aromatic rings. The highest BCUT2D eigenvalue weighted by molar-refractivity contribution is 9.10. The smallest absolute Gasteiger partial charge is 0.377 e. The van der Waals surface area contributed by atoms with Crippen molar-refractivity contribution < 1.29 is 9.53 Å². The maximum absolute atomic E-state index is 11.2. The minimum Gasteiger partial charge on any atom is -0.463 e. The Morgan fingerprint density at radius 1 is 1.50 bits per heavy atom. The van der Waals surface area contributed by atoms with Crippen LogP contribution in [0.1, 0.15) is 22.0 Å². The average molecular weight is 314 g/mol. The molecule has 0 N–H and O–H groups in total. The molecule has 2 heterocycles. The molecule has 0 amide bonds. The van der Waals surface area contributed by atoms with Crippen LogP contribution in [0, 0.1) is 6.92 Å². The van der Waals surface area contributed by atoms with E-state index in [1.54, 1.807) is 9.36 Å². The van der Waals surface area contributed by atoms with Crippen LogP contribution in [-0.4, -0.2) is 37.6 Å². The van der Waals surface area contributed by atoms with Crippen LogP contribution in [0.2, 0.25) is 0 Å². The van der Waals surface area contributed by atoms with Gasteiger partial charge in [-0.1, -0.05) is 0 Å². The summed E-state index contributed by atoms with van der Waals surface area (Å²) in [4.78, 5) is 15.1. The van der Waals surface area contributed by atoms with Crippen molar-refractivity contribution in [2.24, 2.45) is 7.05 Å². The third-order valence-corrected chi connectivity index (χ3v) is 3.51. The lowest BCUT2D eigenvalue weighted by molar-refractivity contribution is 0.0586. The monoisotopic (exact) mass is 313 g/mol. The molecule has 18 heavy (non-hydrogen) atoms. The van der Waals surface area contributed by atoms with Crippen molar-refractivity contribution >= 4 is 21.9 Å². The van der Waals surface area contributed by atoms with Crippen LogP contribution in [0.5, 0.6) is 0 Å². The zero-order valence-corrected chi connectivity index (χ0v) is 11.8. The van der Waals surface area contributed by atoms with E-state index in [1.165, 1.54) is 13.4 Å². The quantitative estimate of drug-likeness (QED) is 0.788. The summed E-state index contributed by atoms with van der Waals surface area (Å²) in [6, 6.07) is 0. The minimum atomic E-state index is -0.547. The summed E-state index contributed by atoms with van der Waals surface area (Å²) < 4.78 is 8.80. The molecule has 0 bridgehead atoms. The van der Waals surface area contributed by atoms with E-state index in [9.17, 15) is 4.79 Å². The van der Waals surface area contributed by atoms with Gasteiger partial charge in [-0.2, -0.15) is 5.10 Å². The molecule has 2 rings (SSSR count). The Hall–Kier alpha value is -1.70. The van der Waals surface area contributed by atoms with Gasteiger partial charge in [0.15, 0.2) is 0 Å². The number of carbonyl (C=O) groups excluding carboxylic acids is 1. The molecule has 7 nitrogen and oxygen atoms in total. The molecule has 0 unspecified atom stereocenters. The number of aryl methyl sites for hydroxylation is 2. The molecule has 96 valence electrons. The molecule has 0 saturated heterocycles. The van der Waals surface area contributed by atoms with Crippen LogP contribution in [0.4, 0.5) is 0 Å². The lowest BCUT2D eigenvalue weighted by Crippen LogP contribution is -2.09. The van der Waals surface area contributed by atoms with Crippen LogP contribution >= 0.6 is 15.9 Å². The van der Waals surface area contributed by atoms with E-state index in [-0.39, 0.29) is 5.82 Å². The molecule has 0 aliphatic carbocycles. The van der Waals surface area contributed by atoms with Crippen molar-refractivity contribution in [2.45, 2.75) is 13.5 Å². The van der Waals surface area contributed by atoms with Crippen LogP contribution in [0.25, 0.3) is 0 Å². The van der Waals surface area contributed by atoms with Gasteiger partial charge in [-0.25, -0.2) is 14.5 Å². The van der Waals surface area contributed by atoms with E-state index in [1.807, 2.05) is 14.0 Å². The number of hydrogen-bond acceptors (Lipinski definition) is 5. The van der Waals surface area contributed by atoms with Gasteiger partial charge in [0, 0.05) is 7.05 Å². The molecule has 0 fully saturated rings. The van der Waals surface area contributed by atoms with E-state index in [0.29, 0.717) is 6.54 Å². The molecule has 2 aromatic heterocycles. The van der Waals surface area contributed by atoms with Gasteiger partial charge in [0.25, 0.3) is 5.82 Å². The largest absolute Gasteiger partial charge is 0.463 e. The van der Waals surface area contributed by atoms with Gasteiger partial charge in [0.05, 0.1) is 29.5 Å². The number of halogens is 1. The summed E-state index contributed by atoms with van der Waals surface area (Å²) in [5.41, 5.74) is 1.86. The molecule has 0 radical (unpaired) electrons. The third kappa shape index (κ3) is 2.28. The molecular weight excluding hydrogens is 302 g/mol. The van der Waals surface area contributed by atoms with Crippen molar-refractivity contribution in [3.63, 3.8) is 0 Å². The lowest BCUT2D eigenvalue weighted by Gasteiger charge is -2.02. The fraction of sp³-hybridized carbons (Fsp3) is 0.400. The van der Waals surface area contributed by atoms with Gasteiger partial charge in [-0.15, -0.1) is 5.10 Å². The van der Waals surface area contributed by atoms with E-state index in [2.05, 4.69) is 35.8 Å². The topological polar surface area (TPSA) is 74.8 Å². The Morgan fingerprint density at radius 2 is 2.22 bits per heavy atom. The molecule has 0 saturated carbocycles. The lowest BCUT2D eigenvalue weighted by atomic mass is 10.4. The van der Waals surface area contributed by atoms with Gasteiger partial charge in [0.2, 0.25) is 0 Å². The van der Waals surface area contributed by atoms with Crippen molar-refractivity contribution in [3.8, 4) is 0 Å². The maximum atomic E-state index is 11.2. The van der Waals surface area contributed by atoms with Gasteiger partial charge >= 0.3 is 5.97 Å². The summed E-state index contributed by atoms with van der Waals surface area (Å²) >= 11 is 3.47. The Labute approximate surface area is 112 Å². The molecule has 0 aliphatic rings. The van der Waals surface area contributed by atoms with Gasteiger partial charge < -0.3 is 4.74 Å². The summed E-state index contributed by atoms with van der Waals surface area (Å²) in [7, 11) is 3.15. The number of methoxy groups -OCH3 is 1. The third-order valence-electron chi connectivity index (χ3n) is 2.48. The fourth-order valence-electron chi connectivity index (χ4n) is 1.56. The van der Waals surface area contributed by atoms with Gasteiger partial charge in [-0.3, -0.25) is 4.68 Å². The second kappa shape index (κ2) is 4.89. The van der Waals surface area contributed by atoms with Gasteiger partial charge in [-0.05, 0) is 22.9 Å². The molecule has 0 aliphatic heterocycles. The van der Waals surface area contributed by atoms with Gasteiger partial charge in [0.1, 0.15) is 6.33 Å². The minimum absolute atomic E-state index is 0.0486. The number of aromatic nitrogens is 5. The standard InChI is InChI=1S/C10H12BrN5O2/c1-6-8(11)7(15(2)13-6)4-16-5-12-9(14-16)10(17)18-3/h5H,4H2,1-3H3. The van der Waals surface area contributed by atoms with E-state index in [4.69, 9.17) is 0 Å². The first-order valence-corrected chi connectivity index (χ1v) is 5.98. The predicted octanol–water partition coefficient (Wildman–Crippen LogP) is 0.917. The van der Waals surface area contributed by atoms with E-state index < -0.39 is 5.97 Å². The number of ether oxygens (including phenoxy) is 1. The maximum Gasteiger partial charge on any atom is 0.377 e. The summed E-state index contributed by atoms with van der Waals surface area (Å²) in [6.07, 6.45) is 1.49. The molecular formula is C10H12BrN5O2. The second-order valence-corrected chi connectivity index (χ2v) is 4.52. The van der Waals surface area contributed by atoms with E-state index >= 15 is 0 Å². The Kier molecular flexibility index (Phi) is 3.46. The van der Waals surface area contributed by atoms with Crippen molar-refractivity contribution in [1.82, 2.24) is 24.5 Å². The van der Waals surface area contributed by atoms with Crippen molar-refractivity contribution in [2.75, 3.05) is 7.11 Å². The summed E-state index contributed by atoms with van der Waals surface area (Å²) in [5.74, 6) is -0.499. The Morgan fingerprint density at radius 3 is 2.78 bits per heavy atom. The number of esters is 1. The first-order chi connectivity index (χ1) is 8.52. The van der Waals surface area contributed by atoms with Crippen LogP contribution < -0.4 is 0 Å². The number of rotatable bonds is 3. The number of nitrogens with zero attached hydrogens (tertiary/aromatic N) is 5. The van der Waals surface area contributed by atoms with E-state index in [0.717, 1.165) is 15.9 Å². The summed E-state index contributed by atoms with van der Waals surface area (Å²) in [6.45, 7) is 2.39. The summed E-state index contributed by atoms with van der Waals surface area (Å²) in [5, 5.41) is 8.32. The van der Waals surface area contributed by atoms with Crippen LogP contribution in [-0.2, 0) is 18.3 Å². The molecule has 0 spiro atoms. The highest BCUT2D eigenvalue weighted by Gasteiger charge is 2.14. The van der Waals surface area contributed by atoms with Crippen LogP contribution in [0.15, 0.2) is 10.8 Å². The number of hydrogen-bond donors (Lipinski definition) is 0. The molecule has 0 aromatic carbocycles. The second-order valence-electron chi connectivity index (χ2n) is 3.73. The first-order valence-electron chi connectivity index (χ1n) is 5.18. The first kappa shape index (κ1) is 12.7. The molecule has 8 heteroatoms. The fourth-order valence-corrected chi connectivity index (χ4v) is 2.02. The molecule has 0 atom stereocenters. The van der Waals surface area contributed by atoms with Crippen molar-refractivity contribution in [3.05, 3.63) is 28.0 Å². The average Bonchev–Trinajstić information content (AvgIpc) is 2.90. The predicted molar refractivity (Wildman–Crippen MR) is 66.1 cm³/mol. The van der Waals surface area contributed by atoms with Crippen LogP contribution in [0.3, 0.4) is 0 Å².